The summed E-state index contributed by atoms with van der Waals surface area (Å²) in [5.74, 6) is -0.499. The fourth-order valence-electron chi connectivity index (χ4n) is 4.09. The van der Waals surface area contributed by atoms with Gasteiger partial charge in [0.15, 0.2) is 5.78 Å². The molecule has 29 heavy (non-hydrogen) atoms. The predicted molar refractivity (Wildman–Crippen MR) is 115 cm³/mol. The third kappa shape index (κ3) is 2.71. The van der Waals surface area contributed by atoms with Crippen molar-refractivity contribution in [2.75, 3.05) is 0 Å². The second kappa shape index (κ2) is 7.28. The Kier molecular flexibility index (Phi) is 4.65. The van der Waals surface area contributed by atoms with Crippen LogP contribution in [0, 0.1) is 0 Å². The molecule has 1 atom stereocenters. The fourth-order valence-corrected chi connectivity index (χ4v) is 4.09. The molecule has 1 unspecified atom stereocenters. The van der Waals surface area contributed by atoms with Gasteiger partial charge in [0.2, 0.25) is 0 Å². The van der Waals surface area contributed by atoms with Crippen LogP contribution in [0.1, 0.15) is 21.5 Å². The van der Waals surface area contributed by atoms with E-state index in [0.29, 0.717) is 16.7 Å². The molecule has 4 rings (SSSR count). The Balaban J connectivity index is 2.15. The average Bonchev–Trinajstić information content (AvgIpc) is 2.75. The molecule has 3 aromatic carbocycles. The van der Waals surface area contributed by atoms with Gasteiger partial charge in [0.1, 0.15) is 16.9 Å². The summed E-state index contributed by atoms with van der Waals surface area (Å²) in [5, 5.41) is 22.0. The topological polar surface area (TPSA) is 57.5 Å². The zero-order valence-corrected chi connectivity index (χ0v) is 15.7. The van der Waals surface area contributed by atoms with Crippen molar-refractivity contribution in [3.8, 4) is 16.9 Å². The normalized spacial score (nSPS) is 18.3. The van der Waals surface area contributed by atoms with Crippen LogP contribution in [-0.4, -0.2) is 16.0 Å². The highest BCUT2D eigenvalue weighted by Gasteiger charge is 2.52. The molecule has 2 N–H and O–H groups in total. The number of carbonyl (C=O) groups is 1. The summed E-state index contributed by atoms with van der Waals surface area (Å²) in [5.41, 5.74) is 1.58. The molecule has 142 valence electrons. The monoisotopic (exact) mass is 380 g/mol. The molecule has 0 saturated heterocycles. The lowest BCUT2D eigenvalue weighted by atomic mass is 9.62. The third-order valence-corrected chi connectivity index (χ3v) is 5.33. The van der Waals surface area contributed by atoms with Crippen molar-refractivity contribution in [1.82, 2.24) is 0 Å². The molecule has 0 radical (unpaired) electrons. The van der Waals surface area contributed by atoms with Crippen molar-refractivity contribution in [3.05, 3.63) is 126 Å². The van der Waals surface area contributed by atoms with Crippen LogP contribution >= 0.6 is 0 Å². The zero-order valence-electron chi connectivity index (χ0n) is 15.7. The molecule has 0 aliphatic heterocycles. The number of benzene rings is 3. The number of aliphatic hydroxyl groups excluding tert-OH is 1. The molecular weight excluding hydrogens is 360 g/mol. The van der Waals surface area contributed by atoms with E-state index in [1.807, 2.05) is 36.4 Å². The summed E-state index contributed by atoms with van der Waals surface area (Å²) in [7, 11) is 0. The molecule has 3 nitrogen and oxygen atoms in total. The van der Waals surface area contributed by atoms with Crippen LogP contribution in [0.5, 0.6) is 5.75 Å². The van der Waals surface area contributed by atoms with E-state index >= 15 is 0 Å². The van der Waals surface area contributed by atoms with Gasteiger partial charge in [-0.3, -0.25) is 4.79 Å². The second-order valence-corrected chi connectivity index (χ2v) is 6.86. The number of ketones is 1. The predicted octanol–water partition coefficient (Wildman–Crippen LogP) is 5.73. The molecule has 1 aliphatic rings. The smallest absolute Gasteiger partial charge is 0.186 e. The van der Waals surface area contributed by atoms with E-state index in [1.54, 1.807) is 48.6 Å². The van der Waals surface area contributed by atoms with Crippen molar-refractivity contribution in [1.29, 1.82) is 0 Å². The van der Waals surface area contributed by atoms with Gasteiger partial charge in [0.25, 0.3) is 0 Å². The number of rotatable bonds is 4. The van der Waals surface area contributed by atoms with Crippen molar-refractivity contribution >= 4 is 5.78 Å². The van der Waals surface area contributed by atoms with E-state index < -0.39 is 5.41 Å². The molecule has 0 aromatic heterocycles. The Hall–Kier alpha value is -3.85. The number of fused-ring (bicyclic) bond motifs is 3. The SMILES string of the molecule is C=C/C=C\C=C(/O)C1(c2ccccc2O)C(=O)c2ccccc2-c2ccccc21. The molecule has 3 aromatic rings. The molecule has 0 bridgehead atoms. The van der Waals surface area contributed by atoms with Gasteiger partial charge >= 0.3 is 0 Å². The lowest BCUT2D eigenvalue weighted by Crippen LogP contribution is -2.42. The minimum atomic E-state index is -1.55. The molecule has 0 heterocycles. The summed E-state index contributed by atoms with van der Waals surface area (Å²) in [6.07, 6.45) is 6.36. The van der Waals surface area contributed by atoms with Crippen LogP contribution in [0.4, 0.5) is 0 Å². The first-order chi connectivity index (χ1) is 14.1. The first-order valence-electron chi connectivity index (χ1n) is 9.33. The highest BCUT2D eigenvalue weighted by atomic mass is 16.3. The third-order valence-electron chi connectivity index (χ3n) is 5.33. The highest BCUT2D eigenvalue weighted by Crippen LogP contribution is 2.51. The summed E-state index contributed by atoms with van der Waals surface area (Å²) < 4.78 is 0. The second-order valence-electron chi connectivity index (χ2n) is 6.86. The molecule has 3 heteroatoms. The molecule has 0 saturated carbocycles. The Morgan fingerprint density at radius 2 is 1.38 bits per heavy atom. The van der Waals surface area contributed by atoms with Crippen LogP contribution in [0.3, 0.4) is 0 Å². The lowest BCUT2D eigenvalue weighted by Gasteiger charge is -2.38. The van der Waals surface area contributed by atoms with Gasteiger partial charge in [-0.25, -0.2) is 0 Å². The van der Waals surface area contributed by atoms with Gasteiger partial charge < -0.3 is 10.2 Å². The van der Waals surface area contributed by atoms with Gasteiger partial charge in [-0.2, -0.15) is 0 Å². The zero-order chi connectivity index (χ0) is 20.4. The van der Waals surface area contributed by atoms with Crippen LogP contribution < -0.4 is 0 Å². The number of aliphatic hydroxyl groups is 1. The number of phenolic OH excluding ortho intramolecular Hbond substituents is 1. The van der Waals surface area contributed by atoms with Crippen LogP contribution in [-0.2, 0) is 5.41 Å². The lowest BCUT2D eigenvalue weighted by molar-refractivity contribution is 0.0900. The maximum atomic E-state index is 14.0. The molecule has 1 aliphatic carbocycles. The van der Waals surface area contributed by atoms with Crippen LogP contribution in [0.2, 0.25) is 0 Å². The molecular formula is C26H20O3. The van der Waals surface area contributed by atoms with Crippen molar-refractivity contribution < 1.29 is 15.0 Å². The number of Topliss-reactive ketones (excluding diaryl/α,β-unsaturated/α-hetero) is 1. The molecule has 0 amide bonds. The fraction of sp³-hybridized carbons (Fsp3) is 0.0385. The van der Waals surface area contributed by atoms with E-state index in [2.05, 4.69) is 6.58 Å². The van der Waals surface area contributed by atoms with Gasteiger partial charge in [0.05, 0.1) is 0 Å². The largest absolute Gasteiger partial charge is 0.511 e. The summed E-state index contributed by atoms with van der Waals surface area (Å²) >= 11 is 0. The van der Waals surface area contributed by atoms with Gasteiger partial charge in [-0.15, -0.1) is 0 Å². The molecule has 0 fully saturated rings. The highest BCUT2D eigenvalue weighted by molar-refractivity contribution is 6.16. The standard InChI is InChI=1S/C26H20O3/c1-2-3-4-17-24(28)26(22-15-9-10-16-23(22)27)21-14-8-7-12-19(21)18-11-5-6-13-20(18)25(26)29/h2-17,27-28H,1H2/b4-3-,24-17-. The van der Waals surface area contributed by atoms with Crippen molar-refractivity contribution in [2.45, 2.75) is 5.41 Å². The Morgan fingerprint density at radius 3 is 2.07 bits per heavy atom. The Labute approximate surface area is 169 Å². The average molecular weight is 380 g/mol. The number of para-hydroxylation sites is 1. The van der Waals surface area contributed by atoms with Gasteiger partial charge in [-0.1, -0.05) is 91.5 Å². The van der Waals surface area contributed by atoms with Crippen molar-refractivity contribution in [3.63, 3.8) is 0 Å². The first-order valence-corrected chi connectivity index (χ1v) is 9.33. The maximum absolute atomic E-state index is 14.0. The van der Waals surface area contributed by atoms with Crippen LogP contribution in [0.15, 0.2) is 109 Å². The number of phenols is 1. The number of allylic oxidation sites excluding steroid dienone is 5. The quantitative estimate of drug-likeness (QED) is 0.449. The number of carbonyl (C=O) groups excluding carboxylic acids is 1. The molecule has 0 spiro atoms. The first kappa shape index (κ1) is 18.5. The van der Waals surface area contributed by atoms with E-state index in [0.717, 1.165) is 11.1 Å². The Morgan fingerprint density at radius 1 is 0.793 bits per heavy atom. The number of hydrogen-bond donors (Lipinski definition) is 2. The van der Waals surface area contributed by atoms with E-state index in [4.69, 9.17) is 0 Å². The minimum Gasteiger partial charge on any atom is -0.511 e. The van der Waals surface area contributed by atoms with Crippen LogP contribution in [0.25, 0.3) is 11.1 Å². The van der Waals surface area contributed by atoms with E-state index in [9.17, 15) is 15.0 Å². The number of aromatic hydroxyl groups is 1. The minimum absolute atomic E-state index is 0.0531. The van der Waals surface area contributed by atoms with E-state index in [-0.39, 0.29) is 17.3 Å². The van der Waals surface area contributed by atoms with Gasteiger partial charge in [0, 0.05) is 11.1 Å². The summed E-state index contributed by atoms with van der Waals surface area (Å²) in [6.45, 7) is 3.64. The number of hydrogen-bond acceptors (Lipinski definition) is 3. The maximum Gasteiger partial charge on any atom is 0.186 e. The van der Waals surface area contributed by atoms with E-state index in [1.165, 1.54) is 12.1 Å². The van der Waals surface area contributed by atoms with Gasteiger partial charge in [-0.05, 0) is 28.8 Å². The van der Waals surface area contributed by atoms with Crippen molar-refractivity contribution in [2.24, 2.45) is 0 Å². The summed E-state index contributed by atoms with van der Waals surface area (Å²) in [6, 6.07) is 21.5. The Bertz CT molecular complexity index is 1170. The summed E-state index contributed by atoms with van der Waals surface area (Å²) in [4.78, 5) is 14.0.